The molecule has 22 heavy (non-hydrogen) atoms. The van der Waals surface area contributed by atoms with Gasteiger partial charge in [0, 0.05) is 37.1 Å². The molecule has 1 aromatic carbocycles. The van der Waals surface area contributed by atoms with Gasteiger partial charge in [0.2, 0.25) is 0 Å². The number of aromatic nitrogens is 1. The van der Waals surface area contributed by atoms with E-state index in [1.807, 2.05) is 19.1 Å². The second kappa shape index (κ2) is 6.50. The largest absolute Gasteiger partial charge is 0.379 e. The molecule has 0 amide bonds. The number of para-hydroxylation sites is 1. The van der Waals surface area contributed by atoms with Gasteiger partial charge in [0.15, 0.2) is 0 Å². The average molecular weight is 321 g/mol. The van der Waals surface area contributed by atoms with E-state index in [-0.39, 0.29) is 5.82 Å². The number of nitrogens with one attached hydrogen (secondary N) is 3. The molecule has 3 N–H and O–H groups in total. The molecule has 1 fully saturated rings. The monoisotopic (exact) mass is 320 g/mol. The molecule has 1 aliphatic rings. The summed E-state index contributed by atoms with van der Waals surface area (Å²) in [6.45, 7) is 4.22. The molecule has 1 aliphatic heterocycles. The first-order chi connectivity index (χ1) is 10.6. The topological polar surface area (TPSA) is 49.0 Å². The molecule has 2 heterocycles. The van der Waals surface area contributed by atoms with E-state index in [1.54, 1.807) is 12.3 Å². The lowest BCUT2D eigenvalue weighted by atomic mass is 10.1. The van der Waals surface area contributed by atoms with Crippen molar-refractivity contribution >= 4 is 23.0 Å². The van der Waals surface area contributed by atoms with Crippen LogP contribution >= 0.6 is 11.6 Å². The van der Waals surface area contributed by atoms with E-state index in [2.05, 4.69) is 20.9 Å². The Bertz CT molecular complexity index is 653. The van der Waals surface area contributed by atoms with Crippen LogP contribution in [0.15, 0.2) is 30.5 Å². The maximum atomic E-state index is 13.9. The lowest BCUT2D eigenvalue weighted by Crippen LogP contribution is -2.51. The van der Waals surface area contributed by atoms with Gasteiger partial charge in [0.05, 0.1) is 11.7 Å². The summed E-state index contributed by atoms with van der Waals surface area (Å²) in [5.74, 6) is -0.250. The Hall–Kier alpha value is -1.85. The van der Waals surface area contributed by atoms with Crippen LogP contribution in [-0.2, 0) is 6.54 Å². The van der Waals surface area contributed by atoms with Crippen molar-refractivity contribution in [3.05, 3.63) is 52.6 Å². The molecular formula is C16H18ClFN4. The maximum absolute atomic E-state index is 13.9. The number of benzene rings is 1. The summed E-state index contributed by atoms with van der Waals surface area (Å²) >= 11 is 5.98. The summed E-state index contributed by atoms with van der Waals surface area (Å²) in [7, 11) is 0. The molecule has 0 radical (unpaired) electrons. The van der Waals surface area contributed by atoms with Gasteiger partial charge in [0.1, 0.15) is 11.0 Å². The van der Waals surface area contributed by atoms with E-state index in [9.17, 15) is 4.39 Å². The SMILES string of the molecule is Cc1cccc(F)c1NCc1cnc(Cl)cc1NC1CNC1. The first-order valence-corrected chi connectivity index (χ1v) is 7.62. The highest BCUT2D eigenvalue weighted by Gasteiger charge is 2.18. The Morgan fingerprint density at radius 2 is 2.23 bits per heavy atom. The van der Waals surface area contributed by atoms with E-state index in [0.29, 0.717) is 23.4 Å². The van der Waals surface area contributed by atoms with E-state index >= 15 is 0 Å². The molecule has 1 saturated heterocycles. The molecule has 0 atom stereocenters. The molecule has 116 valence electrons. The minimum absolute atomic E-state index is 0.250. The zero-order valence-corrected chi connectivity index (χ0v) is 13.0. The van der Waals surface area contributed by atoms with Crippen molar-refractivity contribution in [1.82, 2.24) is 10.3 Å². The summed E-state index contributed by atoms with van der Waals surface area (Å²) in [6, 6.07) is 7.24. The fourth-order valence-electron chi connectivity index (χ4n) is 2.38. The van der Waals surface area contributed by atoms with Crippen molar-refractivity contribution in [2.75, 3.05) is 23.7 Å². The van der Waals surface area contributed by atoms with Crippen LogP contribution in [0.3, 0.4) is 0 Å². The Balaban J connectivity index is 1.76. The van der Waals surface area contributed by atoms with Crippen LogP contribution in [0.1, 0.15) is 11.1 Å². The Morgan fingerprint density at radius 1 is 1.41 bits per heavy atom. The number of halogens is 2. The Morgan fingerprint density at radius 3 is 2.91 bits per heavy atom. The first-order valence-electron chi connectivity index (χ1n) is 7.24. The van der Waals surface area contributed by atoms with E-state index in [0.717, 1.165) is 29.9 Å². The highest BCUT2D eigenvalue weighted by atomic mass is 35.5. The molecule has 0 aliphatic carbocycles. The highest BCUT2D eigenvalue weighted by Crippen LogP contribution is 2.24. The second-order valence-corrected chi connectivity index (χ2v) is 5.84. The van der Waals surface area contributed by atoms with Gasteiger partial charge in [-0.2, -0.15) is 0 Å². The van der Waals surface area contributed by atoms with E-state index in [1.165, 1.54) is 6.07 Å². The summed E-state index contributed by atoms with van der Waals surface area (Å²) in [5.41, 5.74) is 3.29. The maximum Gasteiger partial charge on any atom is 0.146 e. The van der Waals surface area contributed by atoms with E-state index in [4.69, 9.17) is 11.6 Å². The quantitative estimate of drug-likeness (QED) is 0.741. The van der Waals surface area contributed by atoms with E-state index < -0.39 is 0 Å². The Labute approximate surface area is 134 Å². The molecule has 0 unspecified atom stereocenters. The van der Waals surface area contributed by atoms with Crippen molar-refractivity contribution in [3.8, 4) is 0 Å². The third-order valence-corrected chi connectivity index (χ3v) is 3.98. The molecule has 0 bridgehead atoms. The number of pyridine rings is 1. The van der Waals surface area contributed by atoms with Crippen LogP contribution in [0, 0.1) is 12.7 Å². The van der Waals surface area contributed by atoms with Crippen LogP contribution in [0.4, 0.5) is 15.8 Å². The zero-order valence-electron chi connectivity index (χ0n) is 12.3. The van der Waals surface area contributed by atoms with Crippen LogP contribution in [0.5, 0.6) is 0 Å². The molecule has 0 spiro atoms. The number of nitrogens with zero attached hydrogens (tertiary/aromatic N) is 1. The van der Waals surface area contributed by atoms with Gasteiger partial charge >= 0.3 is 0 Å². The van der Waals surface area contributed by atoms with Crippen molar-refractivity contribution in [1.29, 1.82) is 0 Å². The van der Waals surface area contributed by atoms with Gasteiger partial charge in [-0.15, -0.1) is 0 Å². The van der Waals surface area contributed by atoms with Crippen molar-refractivity contribution in [3.63, 3.8) is 0 Å². The highest BCUT2D eigenvalue weighted by molar-refractivity contribution is 6.29. The van der Waals surface area contributed by atoms with Crippen LogP contribution in [0.25, 0.3) is 0 Å². The minimum atomic E-state index is -0.250. The number of anilines is 2. The molecule has 1 aromatic heterocycles. The molecule has 2 aromatic rings. The summed E-state index contributed by atoms with van der Waals surface area (Å²) < 4.78 is 13.9. The smallest absolute Gasteiger partial charge is 0.146 e. The normalized spacial score (nSPS) is 14.5. The predicted octanol–water partition coefficient (Wildman–Crippen LogP) is 3.18. The fourth-order valence-corrected chi connectivity index (χ4v) is 2.54. The summed E-state index contributed by atoms with van der Waals surface area (Å²) in [5, 5.41) is 10.2. The standard InChI is InChI=1S/C16H18ClFN4/c1-10-3-2-4-13(18)16(10)21-7-11-6-20-15(17)5-14(11)22-12-8-19-9-12/h2-6,12,19,21H,7-9H2,1H3,(H,20,22). The van der Waals surface area contributed by atoms with Crippen molar-refractivity contribution < 1.29 is 4.39 Å². The lowest BCUT2D eigenvalue weighted by Gasteiger charge is -2.30. The number of rotatable bonds is 5. The lowest BCUT2D eigenvalue weighted by molar-refractivity contribution is 0.472. The van der Waals surface area contributed by atoms with Crippen LogP contribution in [0.2, 0.25) is 5.15 Å². The zero-order chi connectivity index (χ0) is 15.5. The molecule has 4 nitrogen and oxygen atoms in total. The number of hydrogen-bond donors (Lipinski definition) is 3. The first kappa shape index (κ1) is 15.1. The van der Waals surface area contributed by atoms with Crippen LogP contribution in [-0.4, -0.2) is 24.1 Å². The molecule has 3 rings (SSSR count). The molecule has 6 heteroatoms. The average Bonchev–Trinajstić information content (AvgIpc) is 2.44. The van der Waals surface area contributed by atoms with Crippen molar-refractivity contribution in [2.45, 2.75) is 19.5 Å². The molecule has 0 saturated carbocycles. The van der Waals surface area contributed by atoms with Gasteiger partial charge in [-0.05, 0) is 24.6 Å². The summed E-state index contributed by atoms with van der Waals surface area (Å²) in [4.78, 5) is 4.12. The third kappa shape index (κ3) is 3.31. The van der Waals surface area contributed by atoms with Gasteiger partial charge < -0.3 is 16.0 Å². The Kier molecular flexibility index (Phi) is 4.45. The van der Waals surface area contributed by atoms with Gasteiger partial charge in [-0.1, -0.05) is 23.7 Å². The predicted molar refractivity (Wildman–Crippen MR) is 88.0 cm³/mol. The second-order valence-electron chi connectivity index (χ2n) is 5.45. The number of aryl methyl sites for hydroxylation is 1. The number of hydrogen-bond acceptors (Lipinski definition) is 4. The van der Waals surface area contributed by atoms with Gasteiger partial charge in [-0.3, -0.25) is 0 Å². The fraction of sp³-hybridized carbons (Fsp3) is 0.312. The van der Waals surface area contributed by atoms with Gasteiger partial charge in [-0.25, -0.2) is 9.37 Å². The molecular weight excluding hydrogens is 303 g/mol. The van der Waals surface area contributed by atoms with Gasteiger partial charge in [0.25, 0.3) is 0 Å². The van der Waals surface area contributed by atoms with Crippen LogP contribution < -0.4 is 16.0 Å². The third-order valence-electron chi connectivity index (χ3n) is 3.77. The summed E-state index contributed by atoms with van der Waals surface area (Å²) in [6.07, 6.45) is 1.72. The van der Waals surface area contributed by atoms with Crippen molar-refractivity contribution in [2.24, 2.45) is 0 Å². The minimum Gasteiger partial charge on any atom is -0.379 e.